The van der Waals surface area contributed by atoms with Crippen LogP contribution in [0.4, 0.5) is 0 Å². The van der Waals surface area contributed by atoms with E-state index in [0.29, 0.717) is 17.2 Å². The Kier molecular flexibility index (Phi) is 5.51. The molecule has 0 radical (unpaired) electrons. The van der Waals surface area contributed by atoms with Crippen LogP contribution in [0.2, 0.25) is 0 Å². The highest BCUT2D eigenvalue weighted by Gasteiger charge is 2.58. The van der Waals surface area contributed by atoms with Crippen LogP contribution in [0.1, 0.15) is 37.7 Å². The first kappa shape index (κ1) is 17.3. The molecule has 1 N–H and O–H groups in total. The third-order valence-electron chi connectivity index (χ3n) is 5.38. The molecule has 1 aromatic rings. The number of hydrogen-bond donors (Lipinski definition) is 1. The van der Waals surface area contributed by atoms with Crippen molar-refractivity contribution >= 4 is 18.3 Å². The van der Waals surface area contributed by atoms with E-state index in [2.05, 4.69) is 36.5 Å². The van der Waals surface area contributed by atoms with E-state index in [1.807, 2.05) is 18.0 Å². The van der Waals surface area contributed by atoms with Crippen LogP contribution in [0.5, 0.6) is 0 Å². The minimum Gasteiger partial charge on any atom is -0.345 e. The van der Waals surface area contributed by atoms with Crippen molar-refractivity contribution in [3.63, 3.8) is 0 Å². The monoisotopic (exact) mass is 322 g/mol. The van der Waals surface area contributed by atoms with Crippen LogP contribution in [0, 0.1) is 11.3 Å². The SMILES string of the molecule is CC(CN(C)C(=O)C1CC12CCNCC2)c1ccccc1.Cl. The highest BCUT2D eigenvalue weighted by Crippen LogP contribution is 2.59. The quantitative estimate of drug-likeness (QED) is 0.924. The molecule has 2 aliphatic rings. The van der Waals surface area contributed by atoms with Crippen molar-refractivity contribution in [3.05, 3.63) is 35.9 Å². The minimum atomic E-state index is 0. The van der Waals surface area contributed by atoms with Crippen molar-refractivity contribution in [3.8, 4) is 0 Å². The predicted molar refractivity (Wildman–Crippen MR) is 92.4 cm³/mol. The molecule has 4 heteroatoms. The summed E-state index contributed by atoms with van der Waals surface area (Å²) >= 11 is 0. The second kappa shape index (κ2) is 7.01. The van der Waals surface area contributed by atoms with Gasteiger partial charge in [-0.3, -0.25) is 4.79 Å². The van der Waals surface area contributed by atoms with Gasteiger partial charge in [0.2, 0.25) is 5.91 Å². The Morgan fingerprint density at radius 3 is 2.59 bits per heavy atom. The van der Waals surface area contributed by atoms with Gasteiger partial charge in [0, 0.05) is 19.5 Å². The van der Waals surface area contributed by atoms with E-state index in [1.165, 1.54) is 18.4 Å². The standard InChI is InChI=1S/C18H26N2O.ClH/c1-14(15-6-4-3-5-7-15)13-20(2)17(21)16-12-18(16)8-10-19-11-9-18;/h3-7,14,16,19H,8-13H2,1-2H3;1H. The fourth-order valence-electron chi connectivity index (χ4n) is 3.83. The van der Waals surface area contributed by atoms with Gasteiger partial charge in [-0.1, -0.05) is 37.3 Å². The van der Waals surface area contributed by atoms with Crippen LogP contribution < -0.4 is 5.32 Å². The van der Waals surface area contributed by atoms with Gasteiger partial charge in [-0.05, 0) is 49.2 Å². The van der Waals surface area contributed by atoms with E-state index >= 15 is 0 Å². The van der Waals surface area contributed by atoms with Crippen molar-refractivity contribution in [1.29, 1.82) is 0 Å². The Morgan fingerprint density at radius 2 is 1.95 bits per heavy atom. The summed E-state index contributed by atoms with van der Waals surface area (Å²) in [5.41, 5.74) is 1.65. The number of nitrogens with zero attached hydrogens (tertiary/aromatic N) is 1. The Bertz CT molecular complexity index is 499. The Morgan fingerprint density at radius 1 is 1.32 bits per heavy atom. The highest BCUT2D eigenvalue weighted by molar-refractivity contribution is 5.85. The van der Waals surface area contributed by atoms with Gasteiger partial charge >= 0.3 is 0 Å². The molecule has 1 saturated heterocycles. The van der Waals surface area contributed by atoms with E-state index in [-0.39, 0.29) is 18.3 Å². The third kappa shape index (κ3) is 3.47. The van der Waals surface area contributed by atoms with E-state index < -0.39 is 0 Å². The molecular formula is C18H27ClN2O. The Labute approximate surface area is 139 Å². The summed E-state index contributed by atoms with van der Waals surface area (Å²) in [5.74, 6) is 1.04. The second-order valence-corrected chi connectivity index (χ2v) is 6.90. The number of hydrogen-bond acceptors (Lipinski definition) is 2. The van der Waals surface area contributed by atoms with Crippen molar-refractivity contribution in [1.82, 2.24) is 10.2 Å². The average Bonchev–Trinajstić information content (AvgIpc) is 3.21. The molecule has 1 amide bonds. The summed E-state index contributed by atoms with van der Waals surface area (Å²) in [7, 11) is 1.97. The molecule has 1 saturated carbocycles. The molecule has 3 rings (SSSR count). The van der Waals surface area contributed by atoms with Crippen molar-refractivity contribution in [2.75, 3.05) is 26.7 Å². The zero-order chi connectivity index (χ0) is 14.9. The number of benzene rings is 1. The first-order valence-corrected chi connectivity index (χ1v) is 8.13. The number of nitrogens with one attached hydrogen (secondary N) is 1. The summed E-state index contributed by atoms with van der Waals surface area (Å²) in [6, 6.07) is 10.5. The largest absolute Gasteiger partial charge is 0.345 e. The van der Waals surface area contributed by atoms with Crippen LogP contribution >= 0.6 is 12.4 Å². The number of rotatable bonds is 4. The smallest absolute Gasteiger partial charge is 0.226 e. The lowest BCUT2D eigenvalue weighted by molar-refractivity contribution is -0.132. The molecule has 122 valence electrons. The minimum absolute atomic E-state index is 0. The van der Waals surface area contributed by atoms with Crippen molar-refractivity contribution in [2.24, 2.45) is 11.3 Å². The first-order valence-electron chi connectivity index (χ1n) is 8.13. The van der Waals surface area contributed by atoms with Crippen LogP contribution in [-0.4, -0.2) is 37.5 Å². The molecule has 1 aliphatic heterocycles. The molecule has 2 atom stereocenters. The average molecular weight is 323 g/mol. The summed E-state index contributed by atoms with van der Waals surface area (Å²) in [6.45, 7) is 5.17. The third-order valence-corrected chi connectivity index (χ3v) is 5.38. The van der Waals surface area contributed by atoms with Gasteiger partial charge in [-0.15, -0.1) is 12.4 Å². The van der Waals surface area contributed by atoms with E-state index in [0.717, 1.165) is 26.1 Å². The van der Waals surface area contributed by atoms with Crippen LogP contribution in [0.25, 0.3) is 0 Å². The number of amides is 1. The topological polar surface area (TPSA) is 32.3 Å². The fourth-order valence-corrected chi connectivity index (χ4v) is 3.83. The molecule has 1 aliphatic carbocycles. The lowest BCUT2D eigenvalue weighted by Gasteiger charge is -2.26. The molecule has 1 spiro atoms. The number of piperidine rings is 1. The van der Waals surface area contributed by atoms with Gasteiger partial charge in [0.1, 0.15) is 0 Å². The molecule has 0 bridgehead atoms. The summed E-state index contributed by atoms with van der Waals surface area (Å²) in [4.78, 5) is 14.6. The maximum atomic E-state index is 12.7. The lowest BCUT2D eigenvalue weighted by atomic mass is 9.91. The Balaban J connectivity index is 0.00000176. The molecule has 22 heavy (non-hydrogen) atoms. The van der Waals surface area contributed by atoms with E-state index in [4.69, 9.17) is 0 Å². The maximum Gasteiger partial charge on any atom is 0.226 e. The van der Waals surface area contributed by atoms with E-state index in [1.54, 1.807) is 0 Å². The molecule has 2 fully saturated rings. The highest BCUT2D eigenvalue weighted by atomic mass is 35.5. The molecule has 3 nitrogen and oxygen atoms in total. The molecule has 1 aromatic carbocycles. The maximum absolute atomic E-state index is 12.7. The van der Waals surface area contributed by atoms with Gasteiger partial charge < -0.3 is 10.2 Å². The number of carbonyl (C=O) groups is 1. The number of likely N-dealkylation sites (N-methyl/N-ethyl adjacent to an activating group) is 1. The first-order chi connectivity index (χ1) is 10.1. The second-order valence-electron chi connectivity index (χ2n) is 6.90. The normalized spacial score (nSPS) is 23.5. The molecule has 2 unspecified atom stereocenters. The number of halogens is 1. The van der Waals surface area contributed by atoms with E-state index in [9.17, 15) is 4.79 Å². The van der Waals surface area contributed by atoms with Crippen LogP contribution in [0.15, 0.2) is 30.3 Å². The molecular weight excluding hydrogens is 296 g/mol. The fraction of sp³-hybridized carbons (Fsp3) is 0.611. The van der Waals surface area contributed by atoms with Gasteiger partial charge in [0.25, 0.3) is 0 Å². The lowest BCUT2D eigenvalue weighted by Crippen LogP contribution is -2.36. The summed E-state index contributed by atoms with van der Waals surface area (Å²) in [6.07, 6.45) is 3.45. The van der Waals surface area contributed by atoms with Gasteiger partial charge in [-0.25, -0.2) is 0 Å². The van der Waals surface area contributed by atoms with Crippen LogP contribution in [-0.2, 0) is 4.79 Å². The zero-order valence-electron chi connectivity index (χ0n) is 13.5. The van der Waals surface area contributed by atoms with Gasteiger partial charge in [0.05, 0.1) is 0 Å². The zero-order valence-corrected chi connectivity index (χ0v) is 14.4. The Hall–Kier alpha value is -1.06. The van der Waals surface area contributed by atoms with Crippen molar-refractivity contribution in [2.45, 2.75) is 32.1 Å². The summed E-state index contributed by atoms with van der Waals surface area (Å²) < 4.78 is 0. The van der Waals surface area contributed by atoms with Crippen molar-refractivity contribution < 1.29 is 4.79 Å². The number of carbonyl (C=O) groups excluding carboxylic acids is 1. The summed E-state index contributed by atoms with van der Waals surface area (Å²) in [5, 5.41) is 3.40. The van der Waals surface area contributed by atoms with Gasteiger partial charge in [-0.2, -0.15) is 0 Å². The predicted octanol–water partition coefficient (Wildman–Crippen LogP) is 3.06. The van der Waals surface area contributed by atoms with Gasteiger partial charge in [0.15, 0.2) is 0 Å². The molecule has 0 aromatic heterocycles. The molecule has 1 heterocycles. The van der Waals surface area contributed by atoms with Crippen LogP contribution in [0.3, 0.4) is 0 Å².